The molecule has 1 unspecified atom stereocenters. The second kappa shape index (κ2) is 9.06. The summed E-state index contributed by atoms with van der Waals surface area (Å²) < 4.78 is 0. The molecule has 1 atom stereocenters. The fourth-order valence-corrected chi connectivity index (χ4v) is 3.01. The Hall–Kier alpha value is -1.06. The lowest BCUT2D eigenvalue weighted by Crippen LogP contribution is -2.42. The summed E-state index contributed by atoms with van der Waals surface area (Å²) in [7, 11) is 0. The van der Waals surface area contributed by atoms with Gasteiger partial charge in [0, 0.05) is 25.0 Å². The minimum absolute atomic E-state index is 0. The molecule has 0 bridgehead atoms. The number of nitrogens with two attached hydrogens (primary N) is 1. The molecule has 1 aromatic carbocycles. The number of nitrogens with zero attached hydrogens (tertiary/aromatic N) is 1. The lowest BCUT2D eigenvalue weighted by Gasteiger charge is -2.30. The van der Waals surface area contributed by atoms with Crippen molar-refractivity contribution in [2.75, 3.05) is 6.54 Å². The van der Waals surface area contributed by atoms with Crippen LogP contribution in [0.1, 0.15) is 44.6 Å². The number of hydrogen-bond donors (Lipinski definition) is 1. The normalized spacial score (nSPS) is 16.3. The highest BCUT2D eigenvalue weighted by Gasteiger charge is 2.26. The zero-order chi connectivity index (χ0) is 14.4. The lowest BCUT2D eigenvalue weighted by molar-refractivity contribution is -0.133. The van der Waals surface area contributed by atoms with Gasteiger partial charge in [0.2, 0.25) is 5.91 Å². The maximum absolute atomic E-state index is 12.4. The maximum Gasteiger partial charge on any atom is 0.224 e. The minimum Gasteiger partial charge on any atom is -0.339 e. The minimum atomic E-state index is -0.0527. The van der Waals surface area contributed by atoms with E-state index in [1.165, 1.54) is 18.4 Å². The number of amides is 1. The van der Waals surface area contributed by atoms with Crippen molar-refractivity contribution in [2.24, 2.45) is 5.73 Å². The second-order valence-corrected chi connectivity index (χ2v) is 5.94. The highest BCUT2D eigenvalue weighted by molar-refractivity contribution is 5.85. The molecule has 0 spiro atoms. The van der Waals surface area contributed by atoms with E-state index < -0.39 is 0 Å². The zero-order valence-electron chi connectivity index (χ0n) is 12.8. The maximum atomic E-state index is 12.4. The molecule has 3 nitrogen and oxygen atoms in total. The summed E-state index contributed by atoms with van der Waals surface area (Å²) in [5, 5.41) is 0. The molecule has 2 N–H and O–H groups in total. The number of halogens is 1. The summed E-state index contributed by atoms with van der Waals surface area (Å²) in [6.07, 6.45) is 6.20. The SMILES string of the molecule is CC(N)CC(=O)N(CCc1ccccc1)C1CCCC1.Cl. The first-order valence-electron chi connectivity index (χ1n) is 7.76. The Morgan fingerprint density at radius 3 is 2.48 bits per heavy atom. The third-order valence-corrected chi connectivity index (χ3v) is 4.07. The molecule has 1 aliphatic rings. The smallest absolute Gasteiger partial charge is 0.224 e. The van der Waals surface area contributed by atoms with Gasteiger partial charge in [-0.2, -0.15) is 0 Å². The van der Waals surface area contributed by atoms with Crippen molar-refractivity contribution in [1.82, 2.24) is 4.90 Å². The molecule has 1 amide bonds. The summed E-state index contributed by atoms with van der Waals surface area (Å²) in [6, 6.07) is 10.8. The number of benzene rings is 1. The molecule has 21 heavy (non-hydrogen) atoms. The molecule has 118 valence electrons. The Kier molecular flexibility index (Phi) is 7.76. The van der Waals surface area contributed by atoms with Crippen LogP contribution >= 0.6 is 12.4 Å². The molecule has 0 radical (unpaired) electrons. The molecule has 1 fully saturated rings. The topological polar surface area (TPSA) is 46.3 Å². The number of hydrogen-bond acceptors (Lipinski definition) is 2. The van der Waals surface area contributed by atoms with Crippen molar-refractivity contribution in [1.29, 1.82) is 0 Å². The molecule has 0 heterocycles. The number of carbonyl (C=O) groups is 1. The molecule has 0 saturated heterocycles. The molecule has 1 aliphatic carbocycles. The molecule has 1 aromatic rings. The van der Waals surface area contributed by atoms with Crippen molar-refractivity contribution in [3.63, 3.8) is 0 Å². The van der Waals surface area contributed by atoms with Gasteiger partial charge >= 0.3 is 0 Å². The van der Waals surface area contributed by atoms with E-state index in [9.17, 15) is 4.79 Å². The van der Waals surface area contributed by atoms with Gasteiger partial charge in [0.1, 0.15) is 0 Å². The predicted octanol–water partition coefficient (Wildman–Crippen LogP) is 3.16. The Balaban J connectivity index is 0.00000220. The Labute approximate surface area is 134 Å². The van der Waals surface area contributed by atoms with Crippen LogP contribution in [0.15, 0.2) is 30.3 Å². The van der Waals surface area contributed by atoms with Gasteiger partial charge in [0.15, 0.2) is 0 Å². The van der Waals surface area contributed by atoms with E-state index in [0.29, 0.717) is 12.5 Å². The van der Waals surface area contributed by atoms with Gasteiger partial charge < -0.3 is 10.6 Å². The van der Waals surface area contributed by atoms with Gasteiger partial charge in [-0.3, -0.25) is 4.79 Å². The molecule has 1 saturated carbocycles. The Morgan fingerprint density at radius 2 is 1.90 bits per heavy atom. The molecule has 0 aromatic heterocycles. The van der Waals surface area contributed by atoms with Gasteiger partial charge in [0.05, 0.1) is 0 Å². The fourth-order valence-electron chi connectivity index (χ4n) is 3.01. The van der Waals surface area contributed by atoms with Crippen LogP contribution in [0.25, 0.3) is 0 Å². The third-order valence-electron chi connectivity index (χ3n) is 4.07. The predicted molar refractivity (Wildman–Crippen MR) is 89.6 cm³/mol. The van der Waals surface area contributed by atoms with Crippen molar-refractivity contribution >= 4 is 18.3 Å². The number of carbonyl (C=O) groups excluding carboxylic acids is 1. The molecular formula is C17H27ClN2O. The van der Waals surface area contributed by atoms with Crippen molar-refractivity contribution in [2.45, 2.75) is 57.5 Å². The van der Waals surface area contributed by atoms with E-state index in [1.807, 2.05) is 13.0 Å². The van der Waals surface area contributed by atoms with Crippen LogP contribution in [-0.2, 0) is 11.2 Å². The molecule has 2 rings (SSSR count). The largest absolute Gasteiger partial charge is 0.339 e. The van der Waals surface area contributed by atoms with Crippen molar-refractivity contribution in [3.05, 3.63) is 35.9 Å². The van der Waals surface area contributed by atoms with Gasteiger partial charge in [-0.25, -0.2) is 0 Å². The Morgan fingerprint density at radius 1 is 1.29 bits per heavy atom. The van der Waals surface area contributed by atoms with Crippen LogP contribution in [0.2, 0.25) is 0 Å². The summed E-state index contributed by atoms with van der Waals surface area (Å²) >= 11 is 0. The van der Waals surface area contributed by atoms with Gasteiger partial charge in [-0.05, 0) is 31.7 Å². The monoisotopic (exact) mass is 310 g/mol. The van der Waals surface area contributed by atoms with Gasteiger partial charge in [-0.1, -0.05) is 43.2 Å². The third kappa shape index (κ3) is 5.68. The van der Waals surface area contributed by atoms with Crippen LogP contribution in [0.5, 0.6) is 0 Å². The summed E-state index contributed by atoms with van der Waals surface area (Å²) in [5.41, 5.74) is 7.09. The first-order valence-corrected chi connectivity index (χ1v) is 7.76. The fraction of sp³-hybridized carbons (Fsp3) is 0.588. The van der Waals surface area contributed by atoms with Gasteiger partial charge in [-0.15, -0.1) is 12.4 Å². The van der Waals surface area contributed by atoms with Crippen molar-refractivity contribution in [3.8, 4) is 0 Å². The van der Waals surface area contributed by atoms with E-state index in [0.717, 1.165) is 25.8 Å². The molecular weight excluding hydrogens is 284 g/mol. The lowest BCUT2D eigenvalue weighted by atomic mass is 10.1. The first-order chi connectivity index (χ1) is 9.66. The van der Waals surface area contributed by atoms with E-state index >= 15 is 0 Å². The molecule has 4 heteroatoms. The van der Waals surface area contributed by atoms with Crippen LogP contribution in [-0.4, -0.2) is 29.4 Å². The van der Waals surface area contributed by atoms with Crippen molar-refractivity contribution < 1.29 is 4.79 Å². The van der Waals surface area contributed by atoms with Crippen LogP contribution < -0.4 is 5.73 Å². The average molecular weight is 311 g/mol. The Bertz CT molecular complexity index is 416. The first kappa shape index (κ1) is 18.0. The zero-order valence-corrected chi connectivity index (χ0v) is 13.6. The summed E-state index contributed by atoms with van der Waals surface area (Å²) in [5.74, 6) is 0.225. The summed E-state index contributed by atoms with van der Waals surface area (Å²) in [4.78, 5) is 14.5. The van der Waals surface area contributed by atoms with E-state index in [2.05, 4.69) is 29.2 Å². The summed E-state index contributed by atoms with van der Waals surface area (Å²) in [6.45, 7) is 2.72. The second-order valence-electron chi connectivity index (χ2n) is 5.94. The highest BCUT2D eigenvalue weighted by Crippen LogP contribution is 2.24. The highest BCUT2D eigenvalue weighted by atomic mass is 35.5. The van der Waals surface area contributed by atoms with E-state index in [4.69, 9.17) is 5.73 Å². The number of rotatable bonds is 6. The van der Waals surface area contributed by atoms with Crippen LogP contribution in [0, 0.1) is 0 Å². The standard InChI is InChI=1S/C17H26N2O.ClH/c1-14(18)13-17(20)19(16-9-5-6-10-16)12-11-15-7-3-2-4-8-15;/h2-4,7-8,14,16H,5-6,9-13,18H2,1H3;1H. The molecule has 0 aliphatic heterocycles. The van der Waals surface area contributed by atoms with Crippen LogP contribution in [0.4, 0.5) is 0 Å². The van der Waals surface area contributed by atoms with Crippen LogP contribution in [0.3, 0.4) is 0 Å². The van der Waals surface area contributed by atoms with E-state index in [1.54, 1.807) is 0 Å². The van der Waals surface area contributed by atoms with Gasteiger partial charge in [0.25, 0.3) is 0 Å². The van der Waals surface area contributed by atoms with E-state index in [-0.39, 0.29) is 24.4 Å². The average Bonchev–Trinajstić information content (AvgIpc) is 2.93. The quantitative estimate of drug-likeness (QED) is 0.877.